The molecule has 1 aromatic rings. The zero-order valence-corrected chi connectivity index (χ0v) is 8.06. The summed E-state index contributed by atoms with van der Waals surface area (Å²) < 4.78 is 46.4. The lowest BCUT2D eigenvalue weighted by Gasteiger charge is -2.04. The van der Waals surface area contributed by atoms with Crippen LogP contribution in [0.4, 0.5) is 14.7 Å². The lowest BCUT2D eigenvalue weighted by molar-refractivity contribution is 0.236. The molecular formula is C5H4ClF2N3O2S. The molecule has 0 aliphatic carbocycles. The smallest absolute Gasteiger partial charge is 0.246 e. The lowest BCUT2D eigenvalue weighted by Crippen LogP contribution is -2.21. The van der Waals surface area contributed by atoms with E-state index in [9.17, 15) is 17.2 Å². The van der Waals surface area contributed by atoms with Crippen LogP contribution in [0.25, 0.3) is 0 Å². The number of halogens is 3. The number of nitrogens with zero attached hydrogens (tertiary/aromatic N) is 2. The van der Waals surface area contributed by atoms with E-state index < -0.39 is 21.7 Å². The Morgan fingerprint density at radius 2 is 2.14 bits per heavy atom. The maximum atomic E-state index is 11.9. The molecule has 0 unspecified atom stereocenters. The molecule has 78 valence electrons. The molecule has 0 bridgehead atoms. The van der Waals surface area contributed by atoms with Crippen LogP contribution in [0.2, 0.25) is 5.15 Å². The molecule has 9 heteroatoms. The largest absolute Gasteiger partial charge is 0.355 e. The Morgan fingerprint density at radius 3 is 2.64 bits per heavy atom. The van der Waals surface area contributed by atoms with Crippen LogP contribution < -0.4 is 4.72 Å². The molecular weight excluding hydrogens is 240 g/mol. The SMILES string of the molecule is O=S(=O)(Nc1nccc(Cl)n1)C(F)F. The molecule has 0 saturated carbocycles. The normalized spacial score (nSPS) is 11.7. The Hall–Kier alpha value is -1.02. The van der Waals surface area contributed by atoms with Gasteiger partial charge < -0.3 is 0 Å². The summed E-state index contributed by atoms with van der Waals surface area (Å²) in [6.45, 7) is 0. The second-order valence-corrected chi connectivity index (χ2v) is 4.15. The van der Waals surface area contributed by atoms with Crippen molar-refractivity contribution in [1.29, 1.82) is 0 Å². The van der Waals surface area contributed by atoms with Crippen molar-refractivity contribution in [3.63, 3.8) is 0 Å². The first-order valence-corrected chi connectivity index (χ1v) is 5.12. The number of alkyl halides is 2. The number of nitrogens with one attached hydrogen (secondary N) is 1. The number of hydrogen-bond donors (Lipinski definition) is 1. The number of rotatable bonds is 3. The van der Waals surface area contributed by atoms with Gasteiger partial charge in [0.2, 0.25) is 5.95 Å². The van der Waals surface area contributed by atoms with Gasteiger partial charge >= 0.3 is 5.76 Å². The van der Waals surface area contributed by atoms with E-state index in [4.69, 9.17) is 11.6 Å². The van der Waals surface area contributed by atoms with Crippen molar-refractivity contribution in [3.05, 3.63) is 17.4 Å². The second kappa shape index (κ2) is 4.01. The maximum Gasteiger partial charge on any atom is 0.355 e. The van der Waals surface area contributed by atoms with E-state index in [2.05, 4.69) is 9.97 Å². The minimum absolute atomic E-state index is 0.0491. The van der Waals surface area contributed by atoms with Crippen molar-refractivity contribution in [2.45, 2.75) is 5.76 Å². The van der Waals surface area contributed by atoms with E-state index in [0.29, 0.717) is 0 Å². The van der Waals surface area contributed by atoms with Crippen LogP contribution >= 0.6 is 11.6 Å². The molecule has 0 aromatic carbocycles. The summed E-state index contributed by atoms with van der Waals surface area (Å²) >= 11 is 5.38. The highest BCUT2D eigenvalue weighted by Crippen LogP contribution is 2.11. The first kappa shape index (κ1) is 11.1. The molecule has 0 radical (unpaired) electrons. The zero-order valence-electron chi connectivity index (χ0n) is 6.49. The van der Waals surface area contributed by atoms with Gasteiger partial charge in [-0.15, -0.1) is 0 Å². The quantitative estimate of drug-likeness (QED) is 0.807. The summed E-state index contributed by atoms with van der Waals surface area (Å²) in [4.78, 5) is 6.76. The van der Waals surface area contributed by atoms with Gasteiger partial charge in [-0.1, -0.05) is 11.6 Å². The number of sulfonamides is 1. The van der Waals surface area contributed by atoms with Crippen molar-refractivity contribution in [1.82, 2.24) is 9.97 Å². The van der Waals surface area contributed by atoms with Crippen LogP contribution in [0.1, 0.15) is 0 Å². The van der Waals surface area contributed by atoms with Gasteiger partial charge in [0.1, 0.15) is 5.15 Å². The molecule has 0 spiro atoms. The van der Waals surface area contributed by atoms with Gasteiger partial charge in [0.05, 0.1) is 0 Å². The lowest BCUT2D eigenvalue weighted by atomic mass is 10.7. The summed E-state index contributed by atoms with van der Waals surface area (Å²) in [5.41, 5.74) is 0. The monoisotopic (exact) mass is 243 g/mol. The Bertz CT molecular complexity index is 425. The van der Waals surface area contributed by atoms with Gasteiger partial charge in [-0.2, -0.15) is 8.78 Å². The van der Waals surface area contributed by atoms with Crippen molar-refractivity contribution >= 4 is 27.6 Å². The Kier molecular flexibility index (Phi) is 3.17. The van der Waals surface area contributed by atoms with Crippen LogP contribution in [0, 0.1) is 0 Å². The molecule has 0 aliphatic rings. The highest BCUT2D eigenvalue weighted by Gasteiger charge is 2.24. The Morgan fingerprint density at radius 1 is 1.50 bits per heavy atom. The third-order valence-electron chi connectivity index (χ3n) is 1.09. The van der Waals surface area contributed by atoms with Crippen LogP contribution in [-0.2, 0) is 10.0 Å². The predicted molar refractivity (Wildman–Crippen MR) is 45.6 cm³/mol. The average molecular weight is 244 g/mol. The van der Waals surface area contributed by atoms with Gasteiger partial charge in [-0.3, -0.25) is 0 Å². The Balaban J connectivity index is 2.90. The molecule has 1 aromatic heterocycles. The summed E-state index contributed by atoms with van der Waals surface area (Å²) in [6.07, 6.45) is 1.14. The molecule has 0 amide bonds. The van der Waals surface area contributed by atoms with Crippen molar-refractivity contribution < 1.29 is 17.2 Å². The third-order valence-corrected chi connectivity index (χ3v) is 2.24. The van der Waals surface area contributed by atoms with Crippen LogP contribution in [0.3, 0.4) is 0 Å². The van der Waals surface area contributed by atoms with Gasteiger partial charge in [0.15, 0.2) is 0 Å². The molecule has 0 fully saturated rings. The fourth-order valence-electron chi connectivity index (χ4n) is 0.558. The van der Waals surface area contributed by atoms with E-state index in [1.807, 2.05) is 0 Å². The average Bonchev–Trinajstić information content (AvgIpc) is 2.02. The molecule has 1 rings (SSSR count). The number of anilines is 1. The highest BCUT2D eigenvalue weighted by atomic mass is 35.5. The number of aromatic nitrogens is 2. The maximum absolute atomic E-state index is 11.9. The molecule has 0 aliphatic heterocycles. The molecule has 1 heterocycles. The van der Waals surface area contributed by atoms with Gasteiger partial charge in [-0.25, -0.2) is 23.1 Å². The van der Waals surface area contributed by atoms with Gasteiger partial charge in [0.25, 0.3) is 10.0 Å². The summed E-state index contributed by atoms with van der Waals surface area (Å²) in [6, 6.07) is 1.28. The molecule has 0 atom stereocenters. The van der Waals surface area contributed by atoms with Gasteiger partial charge in [0, 0.05) is 6.20 Å². The van der Waals surface area contributed by atoms with E-state index in [1.54, 1.807) is 0 Å². The molecule has 0 saturated heterocycles. The number of hydrogen-bond acceptors (Lipinski definition) is 4. The molecule has 1 N–H and O–H groups in total. The Labute approximate surface area is 83.2 Å². The summed E-state index contributed by atoms with van der Waals surface area (Å²) in [5.74, 6) is -4.03. The molecule has 14 heavy (non-hydrogen) atoms. The predicted octanol–water partition coefficient (Wildman–Crippen LogP) is 1.09. The van der Waals surface area contributed by atoms with E-state index in [-0.39, 0.29) is 5.15 Å². The highest BCUT2D eigenvalue weighted by molar-refractivity contribution is 7.92. The fraction of sp³-hybridized carbons (Fsp3) is 0.200. The van der Waals surface area contributed by atoms with Crippen LogP contribution in [0.5, 0.6) is 0 Å². The van der Waals surface area contributed by atoms with Crippen molar-refractivity contribution in [3.8, 4) is 0 Å². The standard InChI is InChI=1S/C5H4ClF2N3O2S/c6-3-1-2-9-5(10-3)11-14(12,13)4(7)8/h1-2,4H,(H,9,10,11). The minimum atomic E-state index is -4.73. The topological polar surface area (TPSA) is 72.0 Å². The first-order chi connectivity index (χ1) is 6.42. The van der Waals surface area contributed by atoms with Gasteiger partial charge in [-0.05, 0) is 6.07 Å². The summed E-state index contributed by atoms with van der Waals surface area (Å²) in [5, 5.41) is -0.0491. The van der Waals surface area contributed by atoms with Crippen LogP contribution in [0.15, 0.2) is 12.3 Å². The molecule has 5 nitrogen and oxygen atoms in total. The van der Waals surface area contributed by atoms with E-state index >= 15 is 0 Å². The van der Waals surface area contributed by atoms with Crippen LogP contribution in [-0.4, -0.2) is 24.1 Å². The second-order valence-electron chi connectivity index (χ2n) is 2.11. The zero-order chi connectivity index (χ0) is 10.8. The van der Waals surface area contributed by atoms with E-state index in [1.165, 1.54) is 10.8 Å². The minimum Gasteiger partial charge on any atom is -0.246 e. The fourth-order valence-corrected chi connectivity index (χ4v) is 1.14. The first-order valence-electron chi connectivity index (χ1n) is 3.20. The van der Waals surface area contributed by atoms with Crippen molar-refractivity contribution in [2.75, 3.05) is 4.72 Å². The van der Waals surface area contributed by atoms with Crippen molar-refractivity contribution in [2.24, 2.45) is 0 Å². The summed E-state index contributed by atoms with van der Waals surface area (Å²) in [7, 11) is -4.73. The third kappa shape index (κ3) is 2.74. The van der Waals surface area contributed by atoms with E-state index in [0.717, 1.165) is 6.20 Å².